The van der Waals surface area contributed by atoms with Crippen LogP contribution in [0.4, 0.5) is 26.3 Å². The van der Waals surface area contributed by atoms with Gasteiger partial charge in [-0.15, -0.1) is 0 Å². The van der Waals surface area contributed by atoms with Gasteiger partial charge in [0.1, 0.15) is 0 Å². The monoisotopic (exact) mass is 334 g/mol. The Hall–Kier alpha value is -1.72. The summed E-state index contributed by atoms with van der Waals surface area (Å²) < 4.78 is 82.9. The summed E-state index contributed by atoms with van der Waals surface area (Å²) in [4.78, 5) is 0. The number of alkyl halides is 6. The fourth-order valence-corrected chi connectivity index (χ4v) is 3.04. The molecule has 6 heteroatoms. The number of allylic oxidation sites excluding steroid dienone is 4. The first-order chi connectivity index (χ1) is 10.5. The van der Waals surface area contributed by atoms with Gasteiger partial charge < -0.3 is 0 Å². The van der Waals surface area contributed by atoms with E-state index in [2.05, 4.69) is 0 Å². The highest BCUT2D eigenvalue weighted by Gasteiger charge is 2.73. The van der Waals surface area contributed by atoms with Crippen LogP contribution in [0.3, 0.4) is 0 Å². The zero-order valence-electron chi connectivity index (χ0n) is 12.6. The van der Waals surface area contributed by atoms with E-state index in [-0.39, 0.29) is 12.3 Å². The van der Waals surface area contributed by atoms with Crippen LogP contribution in [0.1, 0.15) is 24.5 Å². The molecule has 0 bridgehead atoms. The van der Waals surface area contributed by atoms with Crippen molar-refractivity contribution in [2.24, 2.45) is 5.92 Å². The van der Waals surface area contributed by atoms with Gasteiger partial charge in [0.2, 0.25) is 5.41 Å². The Balaban J connectivity index is 2.82. The van der Waals surface area contributed by atoms with Crippen LogP contribution in [0.25, 0.3) is 0 Å². The van der Waals surface area contributed by atoms with Crippen LogP contribution in [0.2, 0.25) is 0 Å². The molecule has 0 heterocycles. The average molecular weight is 334 g/mol. The third-order valence-electron chi connectivity index (χ3n) is 4.06. The molecule has 0 radical (unpaired) electrons. The number of hydrogen-bond acceptors (Lipinski definition) is 0. The average Bonchev–Trinajstić information content (AvgIpc) is 2.36. The van der Waals surface area contributed by atoms with Gasteiger partial charge in [0.25, 0.3) is 0 Å². The van der Waals surface area contributed by atoms with Gasteiger partial charge >= 0.3 is 12.4 Å². The van der Waals surface area contributed by atoms with Gasteiger partial charge in [-0.05, 0) is 30.4 Å². The maximum atomic E-state index is 13.8. The topological polar surface area (TPSA) is 0 Å². The Morgan fingerprint density at radius 2 is 1.61 bits per heavy atom. The first-order valence-electron chi connectivity index (χ1n) is 7.08. The molecule has 1 atom stereocenters. The van der Waals surface area contributed by atoms with Gasteiger partial charge in [-0.3, -0.25) is 0 Å². The van der Waals surface area contributed by atoms with E-state index in [0.29, 0.717) is 5.56 Å². The molecule has 0 aliphatic heterocycles. The van der Waals surface area contributed by atoms with E-state index in [1.54, 1.807) is 13.0 Å². The Labute approximate surface area is 130 Å². The Morgan fingerprint density at radius 1 is 1.00 bits per heavy atom. The lowest BCUT2D eigenvalue weighted by Crippen LogP contribution is -2.55. The zero-order chi connectivity index (χ0) is 17.5. The summed E-state index contributed by atoms with van der Waals surface area (Å²) in [6.07, 6.45) is -7.46. The van der Waals surface area contributed by atoms with Crippen LogP contribution in [-0.4, -0.2) is 12.4 Å². The summed E-state index contributed by atoms with van der Waals surface area (Å²) in [7, 11) is 0. The first kappa shape index (κ1) is 17.6. The lowest BCUT2D eigenvalue weighted by atomic mass is 9.68. The van der Waals surface area contributed by atoms with Crippen molar-refractivity contribution in [3.8, 4) is 0 Å². The molecule has 0 amide bonds. The Kier molecular flexibility index (Phi) is 4.39. The summed E-state index contributed by atoms with van der Waals surface area (Å²) in [5.41, 5.74) is -5.09. The minimum absolute atomic E-state index is 0.288. The van der Waals surface area contributed by atoms with Crippen LogP contribution in [0, 0.1) is 12.8 Å². The fraction of sp³-hybridized carbons (Fsp3) is 0.412. The van der Waals surface area contributed by atoms with Crippen LogP contribution in [0.15, 0.2) is 48.1 Å². The molecule has 23 heavy (non-hydrogen) atoms. The summed E-state index contributed by atoms with van der Waals surface area (Å²) in [6.45, 7) is 3.07. The van der Waals surface area contributed by atoms with Crippen molar-refractivity contribution in [2.45, 2.75) is 38.0 Å². The number of hydrogen-bond donors (Lipinski definition) is 0. The van der Waals surface area contributed by atoms with Crippen molar-refractivity contribution < 1.29 is 26.3 Å². The van der Waals surface area contributed by atoms with E-state index in [1.807, 2.05) is 0 Å². The summed E-state index contributed by atoms with van der Waals surface area (Å²) in [6, 6.07) is 4.56. The molecule has 0 saturated heterocycles. The number of benzene rings is 1. The third-order valence-corrected chi connectivity index (χ3v) is 4.06. The van der Waals surface area contributed by atoms with E-state index < -0.39 is 28.9 Å². The second-order valence-corrected chi connectivity index (χ2v) is 5.87. The van der Waals surface area contributed by atoms with Gasteiger partial charge in [-0.25, -0.2) is 0 Å². The number of rotatable bonds is 2. The molecule has 1 aromatic rings. The molecule has 126 valence electrons. The number of halogens is 6. The predicted molar refractivity (Wildman–Crippen MR) is 76.0 cm³/mol. The van der Waals surface area contributed by atoms with Crippen molar-refractivity contribution in [3.05, 3.63) is 59.2 Å². The highest BCUT2D eigenvalue weighted by Crippen LogP contribution is 2.58. The van der Waals surface area contributed by atoms with E-state index in [0.717, 1.165) is 18.2 Å². The largest absolute Gasteiger partial charge is 0.410 e. The molecule has 1 unspecified atom stereocenters. The molecule has 0 spiro atoms. The van der Waals surface area contributed by atoms with Gasteiger partial charge in [0.05, 0.1) is 0 Å². The van der Waals surface area contributed by atoms with Crippen molar-refractivity contribution in [3.63, 3.8) is 0 Å². The summed E-state index contributed by atoms with van der Waals surface area (Å²) in [5, 5.41) is 0. The van der Waals surface area contributed by atoms with Gasteiger partial charge in [-0.2, -0.15) is 26.3 Å². The molecule has 0 nitrogen and oxygen atoms in total. The third kappa shape index (κ3) is 2.91. The maximum absolute atomic E-state index is 13.8. The quantitative estimate of drug-likeness (QED) is 0.593. The summed E-state index contributed by atoms with van der Waals surface area (Å²) in [5.74, 6) is -0.385. The smallest absolute Gasteiger partial charge is 0.169 e. The molecule has 0 N–H and O–H groups in total. The molecule has 0 aromatic heterocycles. The lowest BCUT2D eigenvalue weighted by Gasteiger charge is -2.41. The van der Waals surface area contributed by atoms with Crippen LogP contribution >= 0.6 is 0 Å². The zero-order valence-corrected chi connectivity index (χ0v) is 12.6. The molecule has 1 aromatic carbocycles. The predicted octanol–water partition coefficient (Wildman–Crippen LogP) is 5.88. The van der Waals surface area contributed by atoms with Crippen molar-refractivity contribution in [1.29, 1.82) is 0 Å². The van der Waals surface area contributed by atoms with Crippen molar-refractivity contribution in [1.82, 2.24) is 0 Å². The first-order valence-corrected chi connectivity index (χ1v) is 7.08. The molecule has 2 rings (SSSR count). The van der Waals surface area contributed by atoms with Gasteiger partial charge in [-0.1, -0.05) is 55.0 Å². The fourth-order valence-electron chi connectivity index (χ4n) is 3.04. The number of aryl methyl sites for hydroxylation is 1. The van der Waals surface area contributed by atoms with Gasteiger partial charge in [0, 0.05) is 0 Å². The SMILES string of the molecule is Cc1cccc(C(C2=CC=CC(C)C2)(C(F)(F)F)C(F)(F)F)c1. The second kappa shape index (κ2) is 5.73. The van der Waals surface area contributed by atoms with Crippen LogP contribution in [-0.2, 0) is 5.41 Å². The van der Waals surface area contributed by atoms with Crippen LogP contribution < -0.4 is 0 Å². The van der Waals surface area contributed by atoms with Crippen LogP contribution in [0.5, 0.6) is 0 Å². The van der Waals surface area contributed by atoms with E-state index in [9.17, 15) is 26.3 Å². The molecule has 1 aliphatic rings. The maximum Gasteiger partial charge on any atom is 0.410 e. The Bertz CT molecular complexity index is 619. The van der Waals surface area contributed by atoms with Crippen molar-refractivity contribution >= 4 is 0 Å². The van der Waals surface area contributed by atoms with Crippen molar-refractivity contribution in [2.75, 3.05) is 0 Å². The minimum Gasteiger partial charge on any atom is -0.169 e. The standard InChI is InChI=1S/C17H16F6/c1-11-5-3-7-13(9-11)15(16(18,19)20,17(21,22)23)14-8-4-6-12(2)10-14/h3-9,12H,10H2,1-2H3. The van der Waals surface area contributed by atoms with E-state index in [1.165, 1.54) is 25.1 Å². The van der Waals surface area contributed by atoms with Gasteiger partial charge in [0.15, 0.2) is 0 Å². The summed E-state index contributed by atoms with van der Waals surface area (Å²) >= 11 is 0. The normalized spacial score (nSPS) is 19.7. The Morgan fingerprint density at radius 3 is 2.09 bits per heavy atom. The minimum atomic E-state index is -5.49. The molecular formula is C17H16F6. The lowest BCUT2D eigenvalue weighted by molar-refractivity contribution is -0.290. The molecule has 0 saturated carbocycles. The molecular weight excluding hydrogens is 318 g/mol. The highest BCUT2D eigenvalue weighted by molar-refractivity contribution is 5.45. The second-order valence-electron chi connectivity index (χ2n) is 5.87. The highest BCUT2D eigenvalue weighted by atomic mass is 19.4. The molecule has 0 fully saturated rings. The van der Waals surface area contributed by atoms with E-state index in [4.69, 9.17) is 0 Å². The van der Waals surface area contributed by atoms with E-state index >= 15 is 0 Å². The molecule has 1 aliphatic carbocycles.